The Labute approximate surface area is 103 Å². The van der Waals surface area contributed by atoms with E-state index >= 15 is 0 Å². The highest BCUT2D eigenvalue weighted by atomic mass is 32.1. The van der Waals surface area contributed by atoms with Crippen molar-refractivity contribution in [3.05, 3.63) is 30.5 Å². The third-order valence-corrected chi connectivity index (χ3v) is 3.69. The number of hydrogen-bond donors (Lipinski definition) is 1. The van der Waals surface area contributed by atoms with E-state index < -0.39 is 0 Å². The number of thiazole rings is 1. The number of nitrogens with zero attached hydrogens (tertiary/aromatic N) is 3. The van der Waals surface area contributed by atoms with E-state index in [-0.39, 0.29) is 6.17 Å². The number of anilines is 2. The molecule has 86 valence electrons. The molecule has 0 radical (unpaired) electrons. The van der Waals surface area contributed by atoms with Gasteiger partial charge in [0, 0.05) is 18.1 Å². The lowest BCUT2D eigenvalue weighted by atomic mass is 10.3. The maximum Gasteiger partial charge on any atom is 0.192 e. The van der Waals surface area contributed by atoms with Gasteiger partial charge in [-0.3, -0.25) is 4.99 Å². The molecule has 0 amide bonds. The number of allylic oxidation sites excluding steroid dienone is 1. The van der Waals surface area contributed by atoms with Gasteiger partial charge in [0.2, 0.25) is 0 Å². The molecule has 0 spiro atoms. The molecule has 1 aliphatic heterocycles. The molecule has 1 aromatic carbocycles. The topological polar surface area (TPSA) is 54.5 Å². The zero-order valence-corrected chi connectivity index (χ0v) is 10.2. The Bertz CT molecular complexity index is 614. The van der Waals surface area contributed by atoms with Crippen LogP contribution in [0, 0.1) is 0 Å². The molecule has 1 unspecified atom stereocenters. The third-order valence-electron chi connectivity index (χ3n) is 2.66. The molecular formula is C12H12N4S. The van der Waals surface area contributed by atoms with Gasteiger partial charge in [-0.15, -0.1) is 0 Å². The van der Waals surface area contributed by atoms with Crippen LogP contribution in [0.4, 0.5) is 10.8 Å². The first-order valence-electron chi connectivity index (χ1n) is 5.38. The maximum atomic E-state index is 5.77. The molecule has 2 N–H and O–H groups in total. The lowest BCUT2D eigenvalue weighted by molar-refractivity contribution is 0.744. The normalized spacial score (nSPS) is 19.1. The van der Waals surface area contributed by atoms with E-state index in [1.54, 1.807) is 11.3 Å². The second-order valence-corrected chi connectivity index (χ2v) is 4.91. The largest absolute Gasteiger partial charge is 0.399 e. The summed E-state index contributed by atoms with van der Waals surface area (Å²) in [5.41, 5.74) is 7.52. The highest BCUT2D eigenvalue weighted by molar-refractivity contribution is 7.22. The minimum atomic E-state index is 0.0953. The molecule has 0 aliphatic carbocycles. The Morgan fingerprint density at radius 1 is 1.41 bits per heavy atom. The number of aliphatic imine (C=N–C) groups is 1. The van der Waals surface area contributed by atoms with Gasteiger partial charge in [0.15, 0.2) is 5.13 Å². The van der Waals surface area contributed by atoms with Crippen LogP contribution >= 0.6 is 11.3 Å². The first kappa shape index (κ1) is 10.3. The smallest absolute Gasteiger partial charge is 0.192 e. The summed E-state index contributed by atoms with van der Waals surface area (Å²) in [6.07, 6.45) is 5.82. The molecule has 2 heterocycles. The van der Waals surface area contributed by atoms with Crippen molar-refractivity contribution in [2.75, 3.05) is 10.6 Å². The van der Waals surface area contributed by atoms with Crippen molar-refractivity contribution < 1.29 is 0 Å². The molecule has 0 saturated heterocycles. The molecule has 0 saturated carbocycles. The van der Waals surface area contributed by atoms with Crippen molar-refractivity contribution in [3.63, 3.8) is 0 Å². The van der Waals surface area contributed by atoms with Crippen LogP contribution in [0.15, 0.2) is 35.5 Å². The fourth-order valence-electron chi connectivity index (χ4n) is 1.76. The zero-order valence-electron chi connectivity index (χ0n) is 9.37. The van der Waals surface area contributed by atoms with Crippen molar-refractivity contribution in [2.45, 2.75) is 13.1 Å². The van der Waals surface area contributed by atoms with E-state index in [0.29, 0.717) is 0 Å². The fraction of sp³-hybridized carbons (Fsp3) is 0.167. The summed E-state index contributed by atoms with van der Waals surface area (Å²) in [7, 11) is 0. The van der Waals surface area contributed by atoms with Crippen LogP contribution in [0.1, 0.15) is 6.92 Å². The molecule has 0 fully saturated rings. The predicted octanol–water partition coefficient (Wildman–Crippen LogP) is 2.63. The zero-order chi connectivity index (χ0) is 11.8. The van der Waals surface area contributed by atoms with Gasteiger partial charge >= 0.3 is 0 Å². The fourth-order valence-corrected chi connectivity index (χ4v) is 2.84. The average Bonchev–Trinajstić information content (AvgIpc) is 2.72. The Kier molecular flexibility index (Phi) is 2.33. The first-order chi connectivity index (χ1) is 8.24. The van der Waals surface area contributed by atoms with Gasteiger partial charge in [-0.05, 0) is 31.2 Å². The van der Waals surface area contributed by atoms with Crippen molar-refractivity contribution in [3.8, 4) is 0 Å². The minimum Gasteiger partial charge on any atom is -0.399 e. The SMILES string of the molecule is CC1N=CC=CN1c1nc2ccc(N)cc2s1. The number of rotatable bonds is 1. The van der Waals surface area contributed by atoms with Gasteiger partial charge in [-0.2, -0.15) is 0 Å². The van der Waals surface area contributed by atoms with Crippen molar-refractivity contribution >= 4 is 38.6 Å². The summed E-state index contributed by atoms with van der Waals surface area (Å²) in [5.74, 6) is 0. The van der Waals surface area contributed by atoms with Gasteiger partial charge in [-0.1, -0.05) is 11.3 Å². The van der Waals surface area contributed by atoms with E-state index in [9.17, 15) is 0 Å². The summed E-state index contributed by atoms with van der Waals surface area (Å²) >= 11 is 1.63. The monoisotopic (exact) mass is 244 g/mol. The molecule has 17 heavy (non-hydrogen) atoms. The molecular weight excluding hydrogens is 232 g/mol. The quantitative estimate of drug-likeness (QED) is 0.784. The van der Waals surface area contributed by atoms with E-state index in [1.807, 2.05) is 43.6 Å². The van der Waals surface area contributed by atoms with Crippen molar-refractivity contribution in [2.24, 2.45) is 4.99 Å². The van der Waals surface area contributed by atoms with Crippen molar-refractivity contribution in [1.82, 2.24) is 4.98 Å². The van der Waals surface area contributed by atoms with E-state index in [2.05, 4.69) is 14.9 Å². The lowest BCUT2D eigenvalue weighted by Gasteiger charge is -2.23. The molecule has 0 bridgehead atoms. The average molecular weight is 244 g/mol. The van der Waals surface area contributed by atoms with E-state index in [0.717, 1.165) is 21.0 Å². The van der Waals surface area contributed by atoms with Gasteiger partial charge in [0.25, 0.3) is 0 Å². The van der Waals surface area contributed by atoms with Gasteiger partial charge in [0.1, 0.15) is 6.17 Å². The molecule has 4 nitrogen and oxygen atoms in total. The molecule has 1 aromatic heterocycles. The summed E-state index contributed by atoms with van der Waals surface area (Å²) in [5, 5.41) is 0.950. The molecule has 3 rings (SSSR count). The Morgan fingerprint density at radius 2 is 2.29 bits per heavy atom. The Morgan fingerprint density at radius 3 is 3.12 bits per heavy atom. The summed E-state index contributed by atoms with van der Waals surface area (Å²) in [4.78, 5) is 11.0. The summed E-state index contributed by atoms with van der Waals surface area (Å²) < 4.78 is 1.11. The Balaban J connectivity index is 2.06. The van der Waals surface area contributed by atoms with Crippen LogP contribution in [0.3, 0.4) is 0 Å². The standard InChI is InChI=1S/C12H12N4S/c1-8-14-5-2-6-16(8)12-15-10-4-3-9(13)7-11(10)17-12/h2-8H,13H2,1H3. The molecule has 1 aliphatic rings. The number of benzene rings is 1. The van der Waals surface area contributed by atoms with E-state index in [4.69, 9.17) is 5.73 Å². The van der Waals surface area contributed by atoms with Crippen LogP contribution in [0.25, 0.3) is 10.2 Å². The second kappa shape index (κ2) is 3.85. The highest BCUT2D eigenvalue weighted by Crippen LogP contribution is 2.31. The second-order valence-electron chi connectivity index (χ2n) is 3.90. The van der Waals surface area contributed by atoms with Crippen molar-refractivity contribution in [1.29, 1.82) is 0 Å². The number of nitrogen functional groups attached to an aromatic ring is 1. The van der Waals surface area contributed by atoms with Crippen LogP contribution in [0.2, 0.25) is 0 Å². The molecule has 1 atom stereocenters. The van der Waals surface area contributed by atoms with Gasteiger partial charge in [0.05, 0.1) is 10.2 Å². The highest BCUT2D eigenvalue weighted by Gasteiger charge is 2.16. The lowest BCUT2D eigenvalue weighted by Crippen LogP contribution is -2.27. The minimum absolute atomic E-state index is 0.0953. The van der Waals surface area contributed by atoms with Crippen LogP contribution in [-0.2, 0) is 0 Å². The number of aromatic nitrogens is 1. The number of hydrogen-bond acceptors (Lipinski definition) is 5. The maximum absolute atomic E-state index is 5.77. The predicted molar refractivity (Wildman–Crippen MR) is 73.6 cm³/mol. The summed E-state index contributed by atoms with van der Waals surface area (Å²) in [6, 6.07) is 5.78. The van der Waals surface area contributed by atoms with Crippen LogP contribution < -0.4 is 10.6 Å². The molecule has 2 aromatic rings. The molecule has 5 heteroatoms. The van der Waals surface area contributed by atoms with E-state index in [1.165, 1.54) is 0 Å². The first-order valence-corrected chi connectivity index (χ1v) is 6.20. The van der Waals surface area contributed by atoms with Crippen LogP contribution in [0.5, 0.6) is 0 Å². The number of fused-ring (bicyclic) bond motifs is 1. The van der Waals surface area contributed by atoms with Gasteiger partial charge < -0.3 is 10.6 Å². The number of nitrogens with two attached hydrogens (primary N) is 1. The third kappa shape index (κ3) is 1.78. The van der Waals surface area contributed by atoms with Crippen LogP contribution in [-0.4, -0.2) is 17.4 Å². The summed E-state index contributed by atoms with van der Waals surface area (Å²) in [6.45, 7) is 2.04. The van der Waals surface area contributed by atoms with Gasteiger partial charge in [-0.25, -0.2) is 4.98 Å². The Hall–Kier alpha value is -1.88.